The Bertz CT molecular complexity index is 863. The van der Waals surface area contributed by atoms with Gasteiger partial charge in [0.2, 0.25) is 5.91 Å². The Hall–Kier alpha value is -2.83. The Kier molecular flexibility index (Phi) is 5.21. The van der Waals surface area contributed by atoms with E-state index < -0.39 is 12.1 Å². The Labute approximate surface area is 158 Å². The Balaban J connectivity index is 1.72. The van der Waals surface area contributed by atoms with Gasteiger partial charge in [-0.05, 0) is 39.3 Å². The number of nitrogens with one attached hydrogen (secondary N) is 2. The van der Waals surface area contributed by atoms with Crippen LogP contribution in [0.25, 0.3) is 10.9 Å². The number of aromatic amines is 1. The molecule has 2 heterocycles. The highest BCUT2D eigenvalue weighted by molar-refractivity contribution is 6.06. The monoisotopic (exact) mass is 370 g/mol. The van der Waals surface area contributed by atoms with Crippen molar-refractivity contribution in [3.63, 3.8) is 0 Å². The van der Waals surface area contributed by atoms with Gasteiger partial charge < -0.3 is 15.2 Å². The molecule has 1 saturated heterocycles. The minimum absolute atomic E-state index is 0.000263. The highest BCUT2D eigenvalue weighted by Crippen LogP contribution is 2.21. The van der Waals surface area contributed by atoms with E-state index in [4.69, 9.17) is 0 Å². The van der Waals surface area contributed by atoms with E-state index in [1.807, 2.05) is 58.2 Å². The van der Waals surface area contributed by atoms with Crippen LogP contribution in [-0.2, 0) is 16.0 Å². The SMILES string of the molecule is CC(C)N(C(=O)CN1C(=O)N[C@@H](Cc2c[nH]c3ccccc23)C1=O)C(C)C. The Morgan fingerprint density at radius 2 is 1.81 bits per heavy atom. The normalized spacial score (nSPS) is 17.3. The fourth-order valence-corrected chi connectivity index (χ4v) is 3.77. The Morgan fingerprint density at radius 1 is 1.15 bits per heavy atom. The number of carbonyl (C=O) groups is 3. The van der Waals surface area contributed by atoms with Crippen molar-refractivity contribution in [2.45, 2.75) is 52.2 Å². The number of benzene rings is 1. The molecule has 0 bridgehead atoms. The number of nitrogens with zero attached hydrogens (tertiary/aromatic N) is 2. The summed E-state index contributed by atoms with van der Waals surface area (Å²) in [6, 6.07) is 6.65. The summed E-state index contributed by atoms with van der Waals surface area (Å²) in [7, 11) is 0. The maximum Gasteiger partial charge on any atom is 0.325 e. The van der Waals surface area contributed by atoms with Gasteiger partial charge in [-0.2, -0.15) is 0 Å². The fraction of sp³-hybridized carbons (Fsp3) is 0.450. The summed E-state index contributed by atoms with van der Waals surface area (Å²) in [6.45, 7) is 7.45. The lowest BCUT2D eigenvalue weighted by Crippen LogP contribution is -2.48. The number of rotatable bonds is 6. The molecular weight excluding hydrogens is 344 g/mol. The van der Waals surface area contributed by atoms with Gasteiger partial charge in [-0.3, -0.25) is 14.5 Å². The second kappa shape index (κ2) is 7.42. The van der Waals surface area contributed by atoms with Crippen LogP contribution in [0.1, 0.15) is 33.3 Å². The van der Waals surface area contributed by atoms with Crippen LogP contribution in [0, 0.1) is 0 Å². The van der Waals surface area contributed by atoms with Crippen LogP contribution >= 0.6 is 0 Å². The van der Waals surface area contributed by atoms with Crippen molar-refractivity contribution in [2.24, 2.45) is 0 Å². The van der Waals surface area contributed by atoms with Gasteiger partial charge in [0.25, 0.3) is 5.91 Å². The van der Waals surface area contributed by atoms with E-state index in [-0.39, 0.29) is 30.4 Å². The first kappa shape index (κ1) is 18.9. The zero-order valence-electron chi connectivity index (χ0n) is 16.2. The van der Waals surface area contributed by atoms with E-state index in [0.29, 0.717) is 6.42 Å². The molecule has 0 aliphatic carbocycles. The first-order valence-electron chi connectivity index (χ1n) is 9.27. The number of carbonyl (C=O) groups excluding carboxylic acids is 3. The molecule has 27 heavy (non-hydrogen) atoms. The number of hydrogen-bond acceptors (Lipinski definition) is 3. The molecule has 0 spiro atoms. The minimum Gasteiger partial charge on any atom is -0.361 e. The van der Waals surface area contributed by atoms with Crippen LogP contribution in [0.5, 0.6) is 0 Å². The van der Waals surface area contributed by atoms with Gasteiger partial charge in [0.05, 0.1) is 0 Å². The van der Waals surface area contributed by atoms with Gasteiger partial charge >= 0.3 is 6.03 Å². The Morgan fingerprint density at radius 3 is 2.48 bits per heavy atom. The summed E-state index contributed by atoms with van der Waals surface area (Å²) in [4.78, 5) is 43.5. The first-order chi connectivity index (χ1) is 12.8. The predicted octanol–water partition coefficient (Wildman–Crippen LogP) is 2.28. The van der Waals surface area contributed by atoms with E-state index >= 15 is 0 Å². The molecule has 1 aromatic heterocycles. The summed E-state index contributed by atoms with van der Waals surface area (Å²) in [6.07, 6.45) is 2.24. The molecule has 1 aliphatic heterocycles. The number of imide groups is 1. The molecule has 144 valence electrons. The van der Waals surface area contributed by atoms with Crippen LogP contribution in [0.4, 0.5) is 4.79 Å². The zero-order valence-corrected chi connectivity index (χ0v) is 16.2. The number of H-pyrrole nitrogens is 1. The molecular formula is C20H26N4O3. The van der Waals surface area contributed by atoms with Crippen LogP contribution < -0.4 is 5.32 Å². The number of urea groups is 1. The smallest absolute Gasteiger partial charge is 0.325 e. The third-order valence-corrected chi connectivity index (χ3v) is 4.90. The van der Waals surface area contributed by atoms with Gasteiger partial charge in [-0.25, -0.2) is 4.79 Å². The average molecular weight is 370 g/mol. The topological polar surface area (TPSA) is 85.5 Å². The molecule has 1 aromatic carbocycles. The maximum atomic E-state index is 12.7. The van der Waals surface area contributed by atoms with E-state index in [0.717, 1.165) is 21.4 Å². The number of hydrogen-bond donors (Lipinski definition) is 2. The molecule has 4 amide bonds. The number of amides is 4. The van der Waals surface area contributed by atoms with E-state index in [2.05, 4.69) is 10.3 Å². The van der Waals surface area contributed by atoms with Crippen molar-refractivity contribution in [3.8, 4) is 0 Å². The van der Waals surface area contributed by atoms with Gasteiger partial charge in [0.1, 0.15) is 12.6 Å². The lowest BCUT2D eigenvalue weighted by Gasteiger charge is -2.31. The summed E-state index contributed by atoms with van der Waals surface area (Å²) in [5.74, 6) is -0.581. The molecule has 7 heteroatoms. The molecule has 1 atom stereocenters. The standard InChI is InChI=1S/C20H26N4O3/c1-12(2)24(13(3)4)18(25)11-23-19(26)17(22-20(23)27)9-14-10-21-16-8-6-5-7-15(14)16/h5-8,10,12-13,17,21H,9,11H2,1-4H3,(H,22,27)/t17-/m0/s1. The van der Waals surface area contributed by atoms with Crippen molar-refractivity contribution >= 4 is 28.7 Å². The quantitative estimate of drug-likeness (QED) is 0.765. The summed E-state index contributed by atoms with van der Waals surface area (Å²) in [5, 5.41) is 3.74. The summed E-state index contributed by atoms with van der Waals surface area (Å²) < 4.78 is 0. The highest BCUT2D eigenvalue weighted by atomic mass is 16.2. The van der Waals surface area contributed by atoms with E-state index in [1.165, 1.54) is 0 Å². The molecule has 0 unspecified atom stereocenters. The van der Waals surface area contributed by atoms with Crippen molar-refractivity contribution in [1.82, 2.24) is 20.1 Å². The van der Waals surface area contributed by atoms with Gasteiger partial charge in [0.15, 0.2) is 0 Å². The molecule has 2 N–H and O–H groups in total. The molecule has 1 fully saturated rings. The molecule has 0 radical (unpaired) electrons. The number of para-hydroxylation sites is 1. The van der Waals surface area contributed by atoms with Gasteiger partial charge in [-0.1, -0.05) is 18.2 Å². The van der Waals surface area contributed by atoms with Crippen molar-refractivity contribution in [2.75, 3.05) is 6.54 Å². The van der Waals surface area contributed by atoms with Crippen LogP contribution in [-0.4, -0.2) is 57.3 Å². The number of aromatic nitrogens is 1. The molecule has 1 aliphatic rings. The third kappa shape index (κ3) is 3.67. The van der Waals surface area contributed by atoms with Crippen LogP contribution in [0.2, 0.25) is 0 Å². The molecule has 0 saturated carbocycles. The zero-order chi connectivity index (χ0) is 19.7. The molecule has 3 rings (SSSR count). The molecule has 2 aromatic rings. The first-order valence-corrected chi connectivity index (χ1v) is 9.27. The molecule has 7 nitrogen and oxygen atoms in total. The second-order valence-corrected chi connectivity index (χ2v) is 7.48. The van der Waals surface area contributed by atoms with Gasteiger partial charge in [-0.15, -0.1) is 0 Å². The minimum atomic E-state index is -0.656. The van der Waals surface area contributed by atoms with Crippen molar-refractivity contribution in [1.29, 1.82) is 0 Å². The predicted molar refractivity (Wildman–Crippen MR) is 103 cm³/mol. The lowest BCUT2D eigenvalue weighted by atomic mass is 10.1. The van der Waals surface area contributed by atoms with Crippen molar-refractivity contribution < 1.29 is 14.4 Å². The maximum absolute atomic E-state index is 12.7. The second-order valence-electron chi connectivity index (χ2n) is 7.48. The summed E-state index contributed by atoms with van der Waals surface area (Å²) in [5.41, 5.74) is 1.95. The van der Waals surface area contributed by atoms with Gasteiger partial charge in [0, 0.05) is 35.6 Å². The fourth-order valence-electron chi connectivity index (χ4n) is 3.77. The highest BCUT2D eigenvalue weighted by Gasteiger charge is 2.40. The average Bonchev–Trinajstić information content (AvgIpc) is 3.11. The summed E-state index contributed by atoms with van der Waals surface area (Å²) >= 11 is 0. The van der Waals surface area contributed by atoms with E-state index in [9.17, 15) is 14.4 Å². The van der Waals surface area contributed by atoms with E-state index in [1.54, 1.807) is 4.90 Å². The third-order valence-electron chi connectivity index (χ3n) is 4.90. The van der Waals surface area contributed by atoms with Crippen LogP contribution in [0.3, 0.4) is 0 Å². The lowest BCUT2D eigenvalue weighted by molar-refractivity contribution is -0.139. The van der Waals surface area contributed by atoms with Crippen molar-refractivity contribution in [3.05, 3.63) is 36.0 Å². The number of fused-ring (bicyclic) bond motifs is 1. The van der Waals surface area contributed by atoms with Crippen LogP contribution in [0.15, 0.2) is 30.5 Å². The largest absolute Gasteiger partial charge is 0.361 e.